The minimum Gasteiger partial charge on any atom is -0.460 e. The fourth-order valence-electron chi connectivity index (χ4n) is 13.3. The molecule has 0 aromatic heterocycles. The molecule has 6 aliphatic heterocycles. The second kappa shape index (κ2) is 36.1. The number of aliphatic imine (C=N–C) groups is 1. The number of nitrogens with zero attached hydrogens (tertiary/aromatic N) is 1. The zero-order chi connectivity index (χ0) is 67.0. The van der Waals surface area contributed by atoms with E-state index in [9.17, 15) is 29.7 Å². The number of carbonyl (C=O) groups excluding carboxylic acids is 3. The molecule has 91 heavy (non-hydrogen) atoms. The van der Waals surface area contributed by atoms with E-state index in [1.165, 1.54) is 14.0 Å². The first-order valence-corrected chi connectivity index (χ1v) is 32.7. The van der Waals surface area contributed by atoms with Gasteiger partial charge in [-0.15, -0.1) is 0 Å². The van der Waals surface area contributed by atoms with Crippen LogP contribution < -0.4 is 5.32 Å². The third-order valence-electron chi connectivity index (χ3n) is 20.2. The summed E-state index contributed by atoms with van der Waals surface area (Å²) in [7, 11) is 2.19. The highest BCUT2D eigenvalue weighted by Gasteiger charge is 2.54. The summed E-state index contributed by atoms with van der Waals surface area (Å²) in [6.07, 6.45) is -10.5. The molecule has 23 nitrogen and oxygen atoms in total. The van der Waals surface area contributed by atoms with E-state index >= 15 is 0 Å². The van der Waals surface area contributed by atoms with Crippen molar-refractivity contribution in [3.8, 4) is 0 Å². The van der Waals surface area contributed by atoms with E-state index in [1.54, 1.807) is 6.08 Å². The molecule has 5 N–H and O–H groups in total. The van der Waals surface area contributed by atoms with Gasteiger partial charge in [-0.2, -0.15) is 4.99 Å². The molecule has 23 heteroatoms. The van der Waals surface area contributed by atoms with Crippen molar-refractivity contribution in [2.75, 3.05) is 34.0 Å². The van der Waals surface area contributed by atoms with Crippen molar-refractivity contribution in [3.63, 3.8) is 0 Å². The predicted molar refractivity (Wildman–Crippen MR) is 333 cm³/mol. The molecular formula is C68H108N2O21. The third kappa shape index (κ3) is 19.3. The highest BCUT2D eigenvalue weighted by Crippen LogP contribution is 2.43. The number of ether oxygens (including phenoxy) is 14. The Labute approximate surface area is 539 Å². The summed E-state index contributed by atoms with van der Waals surface area (Å²) in [6, 6.07) is 18.0. The zero-order valence-corrected chi connectivity index (χ0v) is 56.5. The van der Waals surface area contributed by atoms with Crippen molar-refractivity contribution in [3.05, 3.63) is 71.8 Å². The Balaban J connectivity index is 0.000000282. The maximum atomic E-state index is 12.1. The minimum atomic E-state index is -1.50. The zero-order valence-electron chi connectivity index (χ0n) is 56.5. The van der Waals surface area contributed by atoms with E-state index in [0.717, 1.165) is 18.2 Å². The number of hydrogen-bond donors (Lipinski definition) is 5. The van der Waals surface area contributed by atoms with E-state index in [1.807, 2.05) is 97.0 Å². The number of isocyanates is 1. The molecule has 0 spiro atoms. The Morgan fingerprint density at radius 2 is 0.945 bits per heavy atom. The Morgan fingerprint density at radius 1 is 0.516 bits per heavy atom. The van der Waals surface area contributed by atoms with Crippen LogP contribution in [0.3, 0.4) is 0 Å². The number of aliphatic hydroxyl groups is 4. The summed E-state index contributed by atoms with van der Waals surface area (Å²) in [6.45, 7) is 31.6. The molecule has 0 bridgehead atoms. The van der Waals surface area contributed by atoms with Gasteiger partial charge in [0.2, 0.25) is 6.08 Å². The SMILES string of the molecule is CCC1O[C@@H](OC2[C@H](C)OC(C)[C@H](C)[C@@H]2O[C@H]2O[C@@H](COCc3ccccc3)[C@@H](C)C(C)C2C)C(N=C=O)[C@@H](OC(C)=O)[C@@H]1C.CO.COC(=O)NC1[C@H](OC2[C@H](C)OC(C)[C@H](C)[C@@H]2O[C@H]2O[C@@H](COCc3ccccc3)[C@@H](C)C(C)C2C)OC(CO)[C@@H](O)[C@@H]1O. The van der Waals surface area contributed by atoms with Crippen LogP contribution in [0.15, 0.2) is 65.7 Å². The maximum absolute atomic E-state index is 12.1. The molecule has 2 aromatic rings. The number of rotatable bonds is 21. The lowest BCUT2D eigenvalue weighted by molar-refractivity contribution is -0.343. The average molecular weight is 1290 g/mol. The number of esters is 1. The first kappa shape index (κ1) is 75.9. The van der Waals surface area contributed by atoms with Crippen molar-refractivity contribution in [1.82, 2.24) is 5.32 Å². The molecule has 6 heterocycles. The first-order chi connectivity index (χ1) is 43.4. The number of benzene rings is 2. The van der Waals surface area contributed by atoms with E-state index in [2.05, 4.69) is 70.9 Å². The molecule has 1 amide bonds. The van der Waals surface area contributed by atoms with Gasteiger partial charge >= 0.3 is 12.1 Å². The van der Waals surface area contributed by atoms with Gasteiger partial charge in [0.15, 0.2) is 31.2 Å². The van der Waals surface area contributed by atoms with Crippen LogP contribution in [0.25, 0.3) is 0 Å². The van der Waals surface area contributed by atoms with Crippen LogP contribution in [0.5, 0.6) is 0 Å². The summed E-state index contributed by atoms with van der Waals surface area (Å²) in [5, 5.41) is 40.6. The molecular weight excluding hydrogens is 1180 g/mol. The predicted octanol–water partition coefficient (Wildman–Crippen LogP) is 7.28. The van der Waals surface area contributed by atoms with E-state index in [-0.39, 0.29) is 84.0 Å². The molecule has 8 rings (SSSR count). The number of methoxy groups -OCH3 is 1. The van der Waals surface area contributed by atoms with Crippen LogP contribution in [0, 0.1) is 53.3 Å². The minimum absolute atomic E-state index is 0.0498. The van der Waals surface area contributed by atoms with E-state index in [0.29, 0.717) is 38.8 Å². The van der Waals surface area contributed by atoms with Gasteiger partial charge in [0.05, 0.1) is 95.1 Å². The van der Waals surface area contributed by atoms with Gasteiger partial charge in [-0.05, 0) is 68.9 Å². The van der Waals surface area contributed by atoms with Crippen molar-refractivity contribution >= 4 is 18.1 Å². The number of nitrogens with one attached hydrogen (secondary N) is 1. The lowest BCUT2D eigenvalue weighted by atomic mass is 9.79. The maximum Gasteiger partial charge on any atom is 0.407 e. The molecule has 2 aromatic carbocycles. The van der Waals surface area contributed by atoms with E-state index in [4.69, 9.17) is 71.4 Å². The molecule has 0 radical (unpaired) electrons. The van der Waals surface area contributed by atoms with Crippen LogP contribution >= 0.6 is 0 Å². The monoisotopic (exact) mass is 1290 g/mol. The topological polar surface area (TPSA) is 286 Å². The average Bonchev–Trinajstić information content (AvgIpc) is 0.815. The Bertz CT molecular complexity index is 2500. The lowest BCUT2D eigenvalue weighted by Crippen LogP contribution is -2.67. The molecule has 6 saturated heterocycles. The Hall–Kier alpha value is -4.08. The quantitative estimate of drug-likeness (QED) is 0.0466. The smallest absolute Gasteiger partial charge is 0.407 e. The Kier molecular flexibility index (Phi) is 30.2. The lowest BCUT2D eigenvalue weighted by Gasteiger charge is -2.50. The van der Waals surface area contributed by atoms with Crippen LogP contribution in [0.1, 0.15) is 121 Å². The molecule has 6 fully saturated rings. The van der Waals surface area contributed by atoms with Crippen molar-refractivity contribution in [2.45, 2.75) is 252 Å². The van der Waals surface area contributed by atoms with Crippen LogP contribution in [-0.4, -0.2) is 201 Å². The van der Waals surface area contributed by atoms with Gasteiger partial charge in [0.25, 0.3) is 0 Å². The van der Waals surface area contributed by atoms with Crippen molar-refractivity contribution in [1.29, 1.82) is 0 Å². The number of carbonyl (C=O) groups is 2. The van der Waals surface area contributed by atoms with Gasteiger partial charge in [0, 0.05) is 43.6 Å². The first-order valence-electron chi connectivity index (χ1n) is 32.7. The highest BCUT2D eigenvalue weighted by atomic mass is 16.7. The number of hydrogen-bond acceptors (Lipinski definition) is 22. The molecule has 30 atom stereocenters. The van der Waals surface area contributed by atoms with Crippen molar-refractivity contribution < 1.29 is 101 Å². The summed E-state index contributed by atoms with van der Waals surface area (Å²) in [4.78, 5) is 39.7. The molecule has 516 valence electrons. The van der Waals surface area contributed by atoms with Crippen molar-refractivity contribution in [2.24, 2.45) is 58.3 Å². The number of aliphatic hydroxyl groups excluding tert-OH is 4. The summed E-state index contributed by atoms with van der Waals surface area (Å²) < 4.78 is 87.4. The second-order valence-electron chi connectivity index (χ2n) is 25.9. The summed E-state index contributed by atoms with van der Waals surface area (Å²) >= 11 is 0. The molecule has 12 unspecified atom stereocenters. The second-order valence-corrected chi connectivity index (χ2v) is 25.9. The molecule has 6 aliphatic rings. The largest absolute Gasteiger partial charge is 0.460 e. The standard InChI is InChI=1S/C35H53NO9.C32H51NO11.CH4O/c1-10-28-23(6)31(41-26(9)38)30(36-18-37)35(42-28)45-33-25(8)40-24(7)22(5)32(33)44-34-21(4)19(2)20(3)29(43-34)17-39-16-27-14-12-11-13-15-27;1-16-17(2)24(15-39-14-22-11-9-8-10-12-22)42-30(18(16)3)43-28-19(4)20(5)40-21(6)29(28)44-31-25(33-32(37)38-7)27(36)26(35)23(13-34)41-31;1-2/h11-15,19-25,28-35H,10,16-17H2,1-9H3;8-12,16-21,23-31,34-36H,13-15H2,1-7H3,(H,33,37);2H,1H3/t19?,20-,21?,22-,23+,24?,25-,28?,29-,30?,31-,32-,33?,34+,35-;16?,17-,18?,19-,20?,21-,23?,24-,25?,26+,27+,28-,29?,30+,31-;/m00./s1. The van der Waals surface area contributed by atoms with Gasteiger partial charge in [0.1, 0.15) is 42.7 Å². The van der Waals surface area contributed by atoms with Crippen LogP contribution in [0.4, 0.5) is 4.79 Å². The summed E-state index contributed by atoms with van der Waals surface area (Å²) in [5.41, 5.74) is 2.21. The van der Waals surface area contributed by atoms with Crippen LogP contribution in [-0.2, 0) is 89.1 Å². The fraction of sp³-hybridized carbons (Fsp3) is 0.779. The molecule has 0 saturated carbocycles. The van der Waals surface area contributed by atoms with Gasteiger partial charge in [-0.1, -0.05) is 130 Å². The van der Waals surface area contributed by atoms with Crippen LogP contribution in [0.2, 0.25) is 0 Å². The number of amides is 1. The molecule has 0 aliphatic carbocycles. The Morgan fingerprint density at radius 3 is 1.36 bits per heavy atom. The third-order valence-corrected chi connectivity index (χ3v) is 20.2. The van der Waals surface area contributed by atoms with Gasteiger partial charge < -0.3 is 92.1 Å². The fourth-order valence-corrected chi connectivity index (χ4v) is 13.3. The van der Waals surface area contributed by atoms with Gasteiger partial charge in [-0.3, -0.25) is 4.79 Å². The number of alkyl carbamates (subject to hydrolysis) is 1. The highest BCUT2D eigenvalue weighted by molar-refractivity contribution is 5.67. The van der Waals surface area contributed by atoms with Gasteiger partial charge in [-0.25, -0.2) is 9.59 Å². The summed E-state index contributed by atoms with van der Waals surface area (Å²) in [5.74, 6) is 0.450. The van der Waals surface area contributed by atoms with E-state index < -0.39 is 111 Å². The normalized spacial score (nSPS) is 41.6.